The summed E-state index contributed by atoms with van der Waals surface area (Å²) in [6, 6.07) is 10.7. The molecule has 1 aliphatic carbocycles. The lowest BCUT2D eigenvalue weighted by molar-refractivity contribution is -0.142. The minimum atomic E-state index is -0.538. The zero-order valence-electron chi connectivity index (χ0n) is 19.3. The second-order valence-electron chi connectivity index (χ2n) is 9.50. The summed E-state index contributed by atoms with van der Waals surface area (Å²) in [6.45, 7) is -0.207. The Labute approximate surface area is 203 Å². The Kier molecular flexibility index (Phi) is 6.88. The Bertz CT molecular complexity index is 1070. The van der Waals surface area contributed by atoms with Crippen LogP contribution in [0.3, 0.4) is 0 Å². The molecule has 0 unspecified atom stereocenters. The summed E-state index contributed by atoms with van der Waals surface area (Å²) in [4.78, 5) is 25.0. The Morgan fingerprint density at radius 2 is 1.74 bits per heavy atom. The van der Waals surface area contributed by atoms with Gasteiger partial charge in [0.15, 0.2) is 0 Å². The number of hydrogen-bond acceptors (Lipinski definition) is 5. The maximum atomic E-state index is 13.1. The summed E-state index contributed by atoms with van der Waals surface area (Å²) in [5, 5.41) is 18.5. The zero-order chi connectivity index (χ0) is 24.4. The van der Waals surface area contributed by atoms with Crippen molar-refractivity contribution in [1.29, 1.82) is 0 Å². The van der Waals surface area contributed by atoms with Crippen molar-refractivity contribution in [2.75, 3.05) is 17.2 Å². The first-order chi connectivity index (χ1) is 17.0. The Morgan fingerprint density at radius 1 is 1.03 bits per heavy atom. The number of rotatable bonds is 6. The van der Waals surface area contributed by atoms with E-state index in [-0.39, 0.29) is 48.9 Å². The van der Waals surface area contributed by atoms with Crippen LogP contribution in [0.15, 0.2) is 42.5 Å². The number of carbonyl (C=O) groups is 2. The van der Waals surface area contributed by atoms with Crippen molar-refractivity contribution in [3.05, 3.63) is 53.8 Å². The van der Waals surface area contributed by atoms with Crippen LogP contribution in [0.2, 0.25) is 0 Å². The van der Waals surface area contributed by atoms with Crippen molar-refractivity contribution in [2.45, 2.75) is 68.8 Å². The number of amides is 3. The first-order valence-electron chi connectivity index (χ1n) is 12.2. The molecule has 1 saturated carbocycles. The van der Waals surface area contributed by atoms with Gasteiger partial charge in [-0.3, -0.25) is 4.79 Å². The highest BCUT2D eigenvalue weighted by Crippen LogP contribution is 2.47. The van der Waals surface area contributed by atoms with Crippen LogP contribution < -0.4 is 20.7 Å². The van der Waals surface area contributed by atoms with Gasteiger partial charge in [0, 0.05) is 28.9 Å². The highest BCUT2D eigenvalue weighted by atomic mass is 19.1. The van der Waals surface area contributed by atoms with Gasteiger partial charge in [0.1, 0.15) is 23.8 Å². The Hall–Kier alpha value is -3.17. The van der Waals surface area contributed by atoms with Gasteiger partial charge in [0.05, 0.1) is 19.1 Å². The largest absolute Gasteiger partial charge is 0.487 e. The van der Waals surface area contributed by atoms with Gasteiger partial charge in [-0.1, -0.05) is 12.8 Å². The lowest BCUT2D eigenvalue weighted by Crippen LogP contribution is -2.47. The maximum absolute atomic E-state index is 13.1. The van der Waals surface area contributed by atoms with Crippen molar-refractivity contribution in [2.24, 2.45) is 0 Å². The number of aliphatic hydroxyl groups excluding tert-OH is 1. The Morgan fingerprint density at radius 3 is 2.49 bits per heavy atom. The molecule has 4 N–H and O–H groups in total. The van der Waals surface area contributed by atoms with E-state index in [2.05, 4.69) is 16.0 Å². The Balaban J connectivity index is 1.25. The molecule has 186 valence electrons. The molecule has 4 atom stereocenters. The van der Waals surface area contributed by atoms with E-state index in [9.17, 15) is 19.1 Å². The highest BCUT2D eigenvalue weighted by Gasteiger charge is 2.46. The molecular formula is C26H30FN3O5. The second-order valence-corrected chi connectivity index (χ2v) is 9.50. The van der Waals surface area contributed by atoms with Gasteiger partial charge < -0.3 is 30.5 Å². The molecule has 2 heterocycles. The fourth-order valence-corrected chi connectivity index (χ4v) is 5.36. The molecule has 9 heteroatoms. The molecular weight excluding hydrogens is 453 g/mol. The minimum absolute atomic E-state index is 0.0240. The van der Waals surface area contributed by atoms with Gasteiger partial charge in [-0.2, -0.15) is 0 Å². The zero-order valence-corrected chi connectivity index (χ0v) is 19.3. The number of benzene rings is 2. The van der Waals surface area contributed by atoms with E-state index < -0.39 is 12.1 Å². The highest BCUT2D eigenvalue weighted by molar-refractivity contribution is 5.99. The molecule has 8 nitrogen and oxygen atoms in total. The van der Waals surface area contributed by atoms with Crippen molar-refractivity contribution in [3.63, 3.8) is 0 Å². The number of hydrogen-bond donors (Lipinski definition) is 4. The molecule has 1 saturated heterocycles. The van der Waals surface area contributed by atoms with Crippen LogP contribution in [0.1, 0.15) is 50.0 Å². The predicted molar refractivity (Wildman–Crippen MR) is 128 cm³/mol. The summed E-state index contributed by atoms with van der Waals surface area (Å²) in [6.07, 6.45) is 3.93. The molecule has 2 aliphatic heterocycles. The average molecular weight is 484 g/mol. The van der Waals surface area contributed by atoms with E-state index >= 15 is 0 Å². The molecule has 35 heavy (non-hydrogen) atoms. The van der Waals surface area contributed by atoms with Crippen LogP contribution in [0.4, 0.5) is 20.6 Å². The fraction of sp³-hybridized carbons (Fsp3) is 0.462. The lowest BCUT2D eigenvalue weighted by atomic mass is 9.84. The molecule has 0 bridgehead atoms. The molecule has 2 fully saturated rings. The van der Waals surface area contributed by atoms with Crippen molar-refractivity contribution >= 4 is 23.3 Å². The molecule has 5 rings (SSSR count). The topological polar surface area (TPSA) is 109 Å². The third-order valence-electron chi connectivity index (χ3n) is 6.99. The summed E-state index contributed by atoms with van der Waals surface area (Å²) < 4.78 is 25.2. The predicted octanol–water partition coefficient (Wildman–Crippen LogP) is 3.91. The number of nitrogens with one attached hydrogen (secondary N) is 3. The molecule has 0 radical (unpaired) electrons. The van der Waals surface area contributed by atoms with E-state index in [1.807, 2.05) is 6.07 Å². The van der Waals surface area contributed by atoms with Crippen LogP contribution in [-0.2, 0) is 9.53 Å². The van der Waals surface area contributed by atoms with Crippen molar-refractivity contribution in [1.82, 2.24) is 5.32 Å². The third kappa shape index (κ3) is 5.41. The summed E-state index contributed by atoms with van der Waals surface area (Å²) >= 11 is 0. The SMILES string of the molecule is O=C(C[C@@H]1C[C@H]2c3cc(NC(=O)Nc4ccc(F)cc4)ccc3O[C@H]2[C@H](CO)O1)NC1CCCC1. The normalized spacial score (nSPS) is 25.3. The van der Waals surface area contributed by atoms with Gasteiger partial charge >= 0.3 is 6.03 Å². The van der Waals surface area contributed by atoms with Gasteiger partial charge in [-0.25, -0.2) is 9.18 Å². The second kappa shape index (κ2) is 10.2. The van der Waals surface area contributed by atoms with Crippen LogP contribution in [0.25, 0.3) is 0 Å². The molecule has 0 aromatic heterocycles. The lowest BCUT2D eigenvalue weighted by Gasteiger charge is -2.37. The number of urea groups is 1. The minimum Gasteiger partial charge on any atom is -0.487 e. The smallest absolute Gasteiger partial charge is 0.323 e. The number of halogens is 1. The molecule has 0 spiro atoms. The van der Waals surface area contributed by atoms with Crippen LogP contribution in [-0.4, -0.2) is 48.0 Å². The first kappa shape index (κ1) is 23.6. The molecule has 3 amide bonds. The summed E-state index contributed by atoms with van der Waals surface area (Å²) in [5.41, 5.74) is 1.97. The van der Waals surface area contributed by atoms with Gasteiger partial charge in [-0.15, -0.1) is 0 Å². The average Bonchev–Trinajstić information content (AvgIpc) is 3.47. The number of fused-ring (bicyclic) bond motifs is 3. The molecule has 2 aromatic carbocycles. The van der Waals surface area contributed by atoms with E-state index in [4.69, 9.17) is 9.47 Å². The van der Waals surface area contributed by atoms with E-state index in [0.29, 0.717) is 23.5 Å². The van der Waals surface area contributed by atoms with Crippen LogP contribution >= 0.6 is 0 Å². The number of anilines is 2. The van der Waals surface area contributed by atoms with Crippen molar-refractivity contribution in [3.8, 4) is 5.75 Å². The quantitative estimate of drug-likeness (QED) is 0.498. The van der Waals surface area contributed by atoms with E-state index in [0.717, 1.165) is 31.2 Å². The molecule has 2 aromatic rings. The number of aliphatic hydroxyl groups is 1. The summed E-state index contributed by atoms with van der Waals surface area (Å²) in [5.74, 6) is 0.213. The van der Waals surface area contributed by atoms with Gasteiger partial charge in [-0.05, 0) is 61.7 Å². The van der Waals surface area contributed by atoms with Crippen molar-refractivity contribution < 1.29 is 28.6 Å². The summed E-state index contributed by atoms with van der Waals surface area (Å²) in [7, 11) is 0. The van der Waals surface area contributed by atoms with Crippen LogP contribution in [0.5, 0.6) is 5.75 Å². The van der Waals surface area contributed by atoms with Gasteiger partial charge in [0.25, 0.3) is 0 Å². The van der Waals surface area contributed by atoms with E-state index in [1.54, 1.807) is 12.1 Å². The van der Waals surface area contributed by atoms with Gasteiger partial charge in [0.2, 0.25) is 5.91 Å². The first-order valence-corrected chi connectivity index (χ1v) is 12.2. The standard InChI is InChI=1S/C26H30FN3O5/c27-15-5-7-17(8-6-15)29-26(33)30-18-9-10-22-20(11-18)21-12-19(34-23(14-31)25(21)35-22)13-24(32)28-16-3-1-2-4-16/h5-11,16,19,21,23,25,31H,1-4,12-14H2,(H,28,32)(H2,29,30,33)/t19-,21-,23-,25+/m0/s1. The fourth-order valence-electron chi connectivity index (χ4n) is 5.36. The van der Waals surface area contributed by atoms with E-state index in [1.165, 1.54) is 24.3 Å². The third-order valence-corrected chi connectivity index (χ3v) is 6.99. The van der Waals surface area contributed by atoms with Crippen LogP contribution in [0, 0.1) is 5.82 Å². The number of ether oxygens (including phenoxy) is 2. The maximum Gasteiger partial charge on any atom is 0.323 e. The number of carbonyl (C=O) groups excluding carboxylic acids is 2. The molecule has 3 aliphatic rings. The monoisotopic (exact) mass is 483 g/mol.